The SMILES string of the molecule is CN1CCC(Oc2cccc(CNC3CC3)c2)C1=O. The van der Waals surface area contributed by atoms with Crippen molar-refractivity contribution in [3.63, 3.8) is 0 Å². The Morgan fingerprint density at radius 1 is 1.37 bits per heavy atom. The molecule has 0 bridgehead atoms. The second kappa shape index (κ2) is 5.21. The van der Waals surface area contributed by atoms with Crippen LogP contribution < -0.4 is 10.1 Å². The van der Waals surface area contributed by atoms with Gasteiger partial charge in [-0.2, -0.15) is 0 Å². The van der Waals surface area contributed by atoms with E-state index in [0.717, 1.165) is 25.3 Å². The van der Waals surface area contributed by atoms with Crippen LogP contribution in [0.1, 0.15) is 24.8 Å². The molecule has 3 rings (SSSR count). The first-order chi connectivity index (χ1) is 9.22. The lowest BCUT2D eigenvalue weighted by Crippen LogP contribution is -2.29. The number of hydrogen-bond donors (Lipinski definition) is 1. The van der Waals surface area contributed by atoms with Gasteiger partial charge in [0.25, 0.3) is 5.91 Å². The standard InChI is InChI=1S/C15H20N2O2/c1-17-8-7-14(15(17)18)19-13-4-2-3-11(9-13)10-16-12-5-6-12/h2-4,9,12,14,16H,5-8,10H2,1H3. The molecular formula is C15H20N2O2. The van der Waals surface area contributed by atoms with Gasteiger partial charge >= 0.3 is 0 Å². The van der Waals surface area contributed by atoms with Crippen molar-refractivity contribution in [2.75, 3.05) is 13.6 Å². The van der Waals surface area contributed by atoms with E-state index >= 15 is 0 Å². The predicted octanol–water partition coefficient (Wildman–Crippen LogP) is 1.55. The van der Waals surface area contributed by atoms with Crippen molar-refractivity contribution in [1.29, 1.82) is 0 Å². The Kier molecular flexibility index (Phi) is 3.42. The molecule has 1 amide bonds. The molecule has 1 atom stereocenters. The number of amides is 1. The second-order valence-electron chi connectivity index (χ2n) is 5.46. The van der Waals surface area contributed by atoms with Gasteiger partial charge in [0.15, 0.2) is 6.10 Å². The van der Waals surface area contributed by atoms with Crippen LogP contribution in [0.15, 0.2) is 24.3 Å². The number of likely N-dealkylation sites (tertiary alicyclic amines) is 1. The maximum Gasteiger partial charge on any atom is 0.263 e. The van der Waals surface area contributed by atoms with Gasteiger partial charge in [-0.25, -0.2) is 0 Å². The summed E-state index contributed by atoms with van der Waals surface area (Å²) in [6, 6.07) is 8.73. The average Bonchev–Trinajstić information content (AvgIpc) is 3.20. The molecule has 0 aromatic heterocycles. The van der Waals surface area contributed by atoms with E-state index in [1.54, 1.807) is 4.90 Å². The molecule has 2 aliphatic rings. The predicted molar refractivity (Wildman–Crippen MR) is 73.0 cm³/mol. The van der Waals surface area contributed by atoms with Crippen LogP contribution >= 0.6 is 0 Å². The Bertz CT molecular complexity index is 471. The van der Waals surface area contributed by atoms with Gasteiger partial charge in [-0.15, -0.1) is 0 Å². The Labute approximate surface area is 113 Å². The number of likely N-dealkylation sites (N-methyl/N-ethyl adjacent to an activating group) is 1. The highest BCUT2D eigenvalue weighted by atomic mass is 16.5. The molecule has 1 aromatic rings. The molecule has 1 aliphatic heterocycles. The molecule has 1 N–H and O–H groups in total. The number of nitrogens with zero attached hydrogens (tertiary/aromatic N) is 1. The summed E-state index contributed by atoms with van der Waals surface area (Å²) in [4.78, 5) is 13.5. The number of ether oxygens (including phenoxy) is 1. The van der Waals surface area contributed by atoms with Crippen LogP contribution in [0.2, 0.25) is 0 Å². The normalized spacial score (nSPS) is 22.9. The van der Waals surface area contributed by atoms with Crippen molar-refractivity contribution in [2.24, 2.45) is 0 Å². The highest BCUT2D eigenvalue weighted by Gasteiger charge is 2.30. The zero-order chi connectivity index (χ0) is 13.2. The van der Waals surface area contributed by atoms with Crippen LogP contribution in [-0.4, -0.2) is 36.5 Å². The van der Waals surface area contributed by atoms with Crippen molar-refractivity contribution in [3.05, 3.63) is 29.8 Å². The molecule has 19 heavy (non-hydrogen) atoms. The molecule has 4 nitrogen and oxygen atoms in total. The summed E-state index contributed by atoms with van der Waals surface area (Å²) in [5, 5.41) is 3.48. The molecule has 4 heteroatoms. The van der Waals surface area contributed by atoms with E-state index < -0.39 is 0 Å². The van der Waals surface area contributed by atoms with Crippen LogP contribution in [0, 0.1) is 0 Å². The van der Waals surface area contributed by atoms with Gasteiger partial charge in [-0.3, -0.25) is 4.79 Å². The fraction of sp³-hybridized carbons (Fsp3) is 0.533. The average molecular weight is 260 g/mol. The van der Waals surface area contributed by atoms with Crippen molar-refractivity contribution < 1.29 is 9.53 Å². The first kappa shape index (κ1) is 12.5. The maximum atomic E-state index is 11.8. The number of nitrogens with one attached hydrogen (secondary N) is 1. The minimum atomic E-state index is -0.309. The van der Waals surface area contributed by atoms with E-state index in [1.807, 2.05) is 25.2 Å². The molecule has 1 saturated carbocycles. The van der Waals surface area contributed by atoms with Crippen molar-refractivity contribution >= 4 is 5.91 Å². The van der Waals surface area contributed by atoms with Gasteiger partial charge in [-0.1, -0.05) is 12.1 Å². The summed E-state index contributed by atoms with van der Waals surface area (Å²) < 4.78 is 5.80. The summed E-state index contributed by atoms with van der Waals surface area (Å²) in [6.45, 7) is 1.66. The van der Waals surface area contributed by atoms with E-state index in [2.05, 4.69) is 11.4 Å². The van der Waals surface area contributed by atoms with Crippen LogP contribution in [0.3, 0.4) is 0 Å². The Hall–Kier alpha value is -1.55. The molecular weight excluding hydrogens is 240 g/mol. The zero-order valence-electron chi connectivity index (χ0n) is 11.3. The second-order valence-corrected chi connectivity index (χ2v) is 5.46. The van der Waals surface area contributed by atoms with Gasteiger partial charge in [0.05, 0.1) is 0 Å². The Balaban J connectivity index is 1.60. The van der Waals surface area contributed by atoms with E-state index in [4.69, 9.17) is 4.74 Å². The molecule has 1 aromatic carbocycles. The highest BCUT2D eigenvalue weighted by molar-refractivity contribution is 5.83. The van der Waals surface area contributed by atoms with E-state index in [0.29, 0.717) is 6.04 Å². The maximum absolute atomic E-state index is 11.8. The van der Waals surface area contributed by atoms with Gasteiger partial charge < -0.3 is 15.0 Å². The monoisotopic (exact) mass is 260 g/mol. The van der Waals surface area contributed by atoms with Gasteiger partial charge in [0.2, 0.25) is 0 Å². The van der Waals surface area contributed by atoms with Gasteiger partial charge in [0.1, 0.15) is 5.75 Å². The largest absolute Gasteiger partial charge is 0.481 e. The fourth-order valence-electron chi connectivity index (χ4n) is 2.34. The lowest BCUT2D eigenvalue weighted by atomic mass is 10.2. The zero-order valence-corrected chi connectivity index (χ0v) is 11.3. The molecule has 1 saturated heterocycles. The smallest absolute Gasteiger partial charge is 0.263 e. The first-order valence-corrected chi connectivity index (χ1v) is 6.96. The quantitative estimate of drug-likeness (QED) is 0.873. The lowest BCUT2D eigenvalue weighted by molar-refractivity contribution is -0.132. The van der Waals surface area contributed by atoms with Crippen LogP contribution in [0.5, 0.6) is 5.75 Å². The van der Waals surface area contributed by atoms with Crippen LogP contribution in [0.4, 0.5) is 0 Å². The minimum absolute atomic E-state index is 0.0847. The molecule has 102 valence electrons. The summed E-state index contributed by atoms with van der Waals surface area (Å²) in [7, 11) is 1.82. The van der Waals surface area contributed by atoms with Crippen molar-refractivity contribution in [3.8, 4) is 5.75 Å². The number of benzene rings is 1. The van der Waals surface area contributed by atoms with Gasteiger partial charge in [-0.05, 0) is 30.5 Å². The van der Waals surface area contributed by atoms with Crippen molar-refractivity contribution in [2.45, 2.75) is 38.0 Å². The molecule has 2 fully saturated rings. The molecule has 1 aliphatic carbocycles. The minimum Gasteiger partial charge on any atom is -0.481 e. The van der Waals surface area contributed by atoms with E-state index in [9.17, 15) is 4.79 Å². The summed E-state index contributed by atoms with van der Waals surface area (Å²) >= 11 is 0. The summed E-state index contributed by atoms with van der Waals surface area (Å²) in [6.07, 6.45) is 3.05. The summed E-state index contributed by atoms with van der Waals surface area (Å²) in [5.74, 6) is 0.880. The third-order valence-corrected chi connectivity index (χ3v) is 3.73. The number of hydrogen-bond acceptors (Lipinski definition) is 3. The molecule has 1 unspecified atom stereocenters. The molecule has 1 heterocycles. The lowest BCUT2D eigenvalue weighted by Gasteiger charge is -2.14. The van der Waals surface area contributed by atoms with E-state index in [-0.39, 0.29) is 12.0 Å². The van der Waals surface area contributed by atoms with E-state index in [1.165, 1.54) is 18.4 Å². The highest BCUT2D eigenvalue weighted by Crippen LogP contribution is 2.22. The molecule has 0 spiro atoms. The number of rotatable bonds is 5. The molecule has 0 radical (unpaired) electrons. The number of carbonyl (C=O) groups is 1. The van der Waals surface area contributed by atoms with Crippen LogP contribution in [0.25, 0.3) is 0 Å². The topological polar surface area (TPSA) is 41.6 Å². The summed E-state index contributed by atoms with van der Waals surface area (Å²) in [5.41, 5.74) is 1.21. The van der Waals surface area contributed by atoms with Gasteiger partial charge in [0, 0.05) is 32.6 Å². The van der Waals surface area contributed by atoms with Crippen LogP contribution in [-0.2, 0) is 11.3 Å². The number of carbonyl (C=O) groups excluding carboxylic acids is 1. The fourth-order valence-corrected chi connectivity index (χ4v) is 2.34. The Morgan fingerprint density at radius 3 is 2.89 bits per heavy atom. The third-order valence-electron chi connectivity index (χ3n) is 3.73. The first-order valence-electron chi connectivity index (χ1n) is 6.96. The Morgan fingerprint density at radius 2 is 2.21 bits per heavy atom. The third kappa shape index (κ3) is 3.07. The van der Waals surface area contributed by atoms with Crippen molar-refractivity contribution in [1.82, 2.24) is 10.2 Å².